The Kier molecular flexibility index (Phi) is 7.17. The lowest BCUT2D eigenvalue weighted by Crippen LogP contribution is -2.30. The molecule has 2 amide bonds. The van der Waals surface area contributed by atoms with Crippen LogP contribution in [0, 0.1) is 0 Å². The summed E-state index contributed by atoms with van der Waals surface area (Å²) in [6.45, 7) is 5.46. The zero-order valence-electron chi connectivity index (χ0n) is 7.88. The van der Waals surface area contributed by atoms with Crippen LogP contribution in [0.1, 0.15) is 20.8 Å². The number of nitrogens with one attached hydrogen (secondary N) is 1. The predicted molar refractivity (Wildman–Crippen MR) is 45.5 cm³/mol. The summed E-state index contributed by atoms with van der Waals surface area (Å²) in [7, 11) is 1.54. The molecule has 5 nitrogen and oxygen atoms in total. The highest BCUT2D eigenvalue weighted by Crippen LogP contribution is 2.05. The van der Waals surface area contributed by atoms with E-state index < -0.39 is 0 Å². The average Bonchev–Trinajstić information content (AvgIpc) is 1.86. The lowest BCUT2D eigenvalue weighted by Gasteiger charge is -2.18. The van der Waals surface area contributed by atoms with E-state index in [9.17, 15) is 4.79 Å². The summed E-state index contributed by atoms with van der Waals surface area (Å²) in [6, 6.07) is 0. The number of carbonyl (C=O) groups excluding carboxylic acids is 2. The molecule has 5 heteroatoms. The molecule has 0 aliphatic heterocycles. The van der Waals surface area contributed by atoms with E-state index in [1.54, 1.807) is 0 Å². The Morgan fingerprint density at radius 2 is 1.83 bits per heavy atom. The lowest BCUT2D eigenvalue weighted by molar-refractivity contribution is -0.106. The Hall–Kier alpha value is -1.26. The Morgan fingerprint density at radius 3 is 1.92 bits per heavy atom. The van der Waals surface area contributed by atoms with Crippen LogP contribution in [-0.4, -0.2) is 25.2 Å². The highest BCUT2D eigenvalue weighted by Gasteiger charge is 2.13. The first-order chi connectivity index (χ1) is 5.37. The smallest absolute Gasteiger partial charge is 0.407 e. The first-order valence-electron chi connectivity index (χ1n) is 3.43. The summed E-state index contributed by atoms with van der Waals surface area (Å²) < 4.78 is 4.84. The summed E-state index contributed by atoms with van der Waals surface area (Å²) in [6.07, 6.45) is -0.137. The van der Waals surface area contributed by atoms with Gasteiger partial charge in [0.1, 0.15) is 5.60 Å². The molecule has 12 heavy (non-hydrogen) atoms. The van der Waals surface area contributed by atoms with Crippen molar-refractivity contribution in [3.63, 3.8) is 0 Å². The van der Waals surface area contributed by atoms with Crippen molar-refractivity contribution >= 4 is 12.5 Å². The number of primary amides is 1. The molecule has 0 saturated carbocycles. The second kappa shape index (κ2) is 6.45. The van der Waals surface area contributed by atoms with Gasteiger partial charge in [-0.1, -0.05) is 0 Å². The fraction of sp³-hybridized carbons (Fsp3) is 0.714. The van der Waals surface area contributed by atoms with Crippen molar-refractivity contribution in [2.24, 2.45) is 5.73 Å². The summed E-state index contributed by atoms with van der Waals surface area (Å²) >= 11 is 0. The van der Waals surface area contributed by atoms with Crippen molar-refractivity contribution in [1.82, 2.24) is 5.32 Å². The molecular weight excluding hydrogens is 160 g/mol. The van der Waals surface area contributed by atoms with E-state index in [0.29, 0.717) is 0 Å². The molecule has 0 fully saturated rings. The van der Waals surface area contributed by atoms with E-state index in [0.717, 1.165) is 0 Å². The van der Waals surface area contributed by atoms with Crippen LogP contribution in [0.25, 0.3) is 0 Å². The Bertz CT molecular complexity index is 140. The predicted octanol–water partition coefficient (Wildman–Crippen LogP) is 0.242. The number of alkyl carbamates (subject to hydrolysis) is 1. The van der Waals surface area contributed by atoms with Crippen molar-refractivity contribution in [2.45, 2.75) is 26.4 Å². The van der Waals surface area contributed by atoms with Crippen molar-refractivity contribution < 1.29 is 14.3 Å². The van der Waals surface area contributed by atoms with Crippen LogP contribution in [0.2, 0.25) is 0 Å². The molecular formula is C7H16N2O3. The molecule has 0 aromatic rings. The average molecular weight is 176 g/mol. The number of rotatable bonds is 0. The van der Waals surface area contributed by atoms with E-state index in [1.165, 1.54) is 7.05 Å². The molecule has 0 heterocycles. The molecule has 0 bridgehead atoms. The third-order valence-corrected chi connectivity index (χ3v) is 0.603. The molecule has 0 unspecified atom stereocenters. The second-order valence-electron chi connectivity index (χ2n) is 2.89. The van der Waals surface area contributed by atoms with Gasteiger partial charge in [0.15, 0.2) is 0 Å². The van der Waals surface area contributed by atoms with Crippen LogP contribution in [-0.2, 0) is 9.53 Å². The molecule has 72 valence electrons. The van der Waals surface area contributed by atoms with E-state index in [2.05, 4.69) is 11.1 Å². The Balaban J connectivity index is 0. The van der Waals surface area contributed by atoms with Gasteiger partial charge in [0, 0.05) is 7.05 Å². The van der Waals surface area contributed by atoms with Crippen molar-refractivity contribution in [3.05, 3.63) is 0 Å². The summed E-state index contributed by atoms with van der Waals surface area (Å²) in [5.74, 6) is 0. The summed E-state index contributed by atoms with van der Waals surface area (Å²) in [4.78, 5) is 19.1. The number of carbonyl (C=O) groups is 2. The third-order valence-electron chi connectivity index (χ3n) is 0.603. The third kappa shape index (κ3) is 15.9. The van der Waals surface area contributed by atoms with Gasteiger partial charge >= 0.3 is 6.09 Å². The van der Waals surface area contributed by atoms with E-state index in [4.69, 9.17) is 9.53 Å². The molecule has 0 radical (unpaired) electrons. The lowest BCUT2D eigenvalue weighted by atomic mass is 10.2. The van der Waals surface area contributed by atoms with Crippen LogP contribution in [0.4, 0.5) is 4.79 Å². The molecule has 0 spiro atoms. The minimum atomic E-state index is -0.389. The SMILES string of the molecule is CNC(=O)OC(C)(C)C.NC=O. The topological polar surface area (TPSA) is 81.4 Å². The zero-order chi connectivity index (χ0) is 10.2. The van der Waals surface area contributed by atoms with E-state index in [-0.39, 0.29) is 18.1 Å². The minimum Gasteiger partial charge on any atom is -0.444 e. The van der Waals surface area contributed by atoms with E-state index in [1.807, 2.05) is 20.8 Å². The van der Waals surface area contributed by atoms with Crippen LogP contribution in [0.3, 0.4) is 0 Å². The van der Waals surface area contributed by atoms with Crippen LogP contribution in [0.5, 0.6) is 0 Å². The molecule has 0 aliphatic rings. The highest BCUT2D eigenvalue weighted by atomic mass is 16.6. The van der Waals surface area contributed by atoms with Crippen LogP contribution in [0.15, 0.2) is 0 Å². The van der Waals surface area contributed by atoms with Crippen LogP contribution < -0.4 is 11.1 Å². The summed E-state index contributed by atoms with van der Waals surface area (Å²) in [5, 5.41) is 2.36. The van der Waals surface area contributed by atoms with Gasteiger partial charge in [-0.2, -0.15) is 0 Å². The maximum absolute atomic E-state index is 10.5. The fourth-order valence-electron chi connectivity index (χ4n) is 0.329. The van der Waals surface area contributed by atoms with Crippen molar-refractivity contribution in [1.29, 1.82) is 0 Å². The monoisotopic (exact) mass is 176 g/mol. The number of amides is 2. The Morgan fingerprint density at radius 1 is 1.50 bits per heavy atom. The van der Waals surface area contributed by atoms with Gasteiger partial charge in [-0.25, -0.2) is 4.79 Å². The first-order valence-corrected chi connectivity index (χ1v) is 3.43. The minimum absolute atomic E-state index is 0.250. The molecule has 3 N–H and O–H groups in total. The molecule has 0 rings (SSSR count). The number of ether oxygens (including phenoxy) is 1. The standard InChI is InChI=1S/C6H13NO2.CH3NO/c1-6(2,3)9-5(8)7-4;2-1-3/h1-4H3,(H,7,8);1H,(H2,2,3). The molecule has 0 atom stereocenters. The van der Waals surface area contributed by atoms with Gasteiger partial charge in [0.05, 0.1) is 0 Å². The van der Waals surface area contributed by atoms with Gasteiger partial charge in [0.2, 0.25) is 6.41 Å². The van der Waals surface area contributed by atoms with Gasteiger partial charge in [-0.3, -0.25) is 4.79 Å². The number of nitrogens with two attached hydrogens (primary N) is 1. The fourth-order valence-corrected chi connectivity index (χ4v) is 0.329. The largest absolute Gasteiger partial charge is 0.444 e. The molecule has 0 aromatic heterocycles. The van der Waals surface area contributed by atoms with Gasteiger partial charge in [-0.15, -0.1) is 0 Å². The maximum atomic E-state index is 10.5. The van der Waals surface area contributed by atoms with Gasteiger partial charge < -0.3 is 15.8 Å². The first kappa shape index (κ1) is 13.3. The summed E-state index contributed by atoms with van der Waals surface area (Å²) in [5.41, 5.74) is 3.78. The molecule has 0 aromatic carbocycles. The Labute approximate surface area is 72.3 Å². The van der Waals surface area contributed by atoms with Crippen molar-refractivity contribution in [2.75, 3.05) is 7.05 Å². The van der Waals surface area contributed by atoms with E-state index >= 15 is 0 Å². The van der Waals surface area contributed by atoms with Crippen molar-refractivity contribution in [3.8, 4) is 0 Å². The van der Waals surface area contributed by atoms with Gasteiger partial charge in [0.25, 0.3) is 0 Å². The molecule has 0 saturated heterocycles. The number of hydrogen-bond acceptors (Lipinski definition) is 3. The van der Waals surface area contributed by atoms with Crippen LogP contribution >= 0.6 is 0 Å². The zero-order valence-corrected chi connectivity index (χ0v) is 7.88. The maximum Gasteiger partial charge on any atom is 0.407 e. The number of hydrogen-bond donors (Lipinski definition) is 2. The second-order valence-corrected chi connectivity index (χ2v) is 2.89. The molecule has 0 aliphatic carbocycles. The highest BCUT2D eigenvalue weighted by molar-refractivity contribution is 5.67. The quantitative estimate of drug-likeness (QED) is 0.519. The normalized spacial score (nSPS) is 9.00. The van der Waals surface area contributed by atoms with Gasteiger partial charge in [-0.05, 0) is 20.8 Å².